The normalized spacial score (nSPS) is 23.1. The van der Waals surface area contributed by atoms with E-state index in [1.54, 1.807) is 0 Å². The van der Waals surface area contributed by atoms with Crippen LogP contribution in [-0.2, 0) is 13.1 Å². The molecule has 3 rings (SSSR count). The van der Waals surface area contributed by atoms with Crippen LogP contribution in [0.3, 0.4) is 0 Å². The van der Waals surface area contributed by atoms with E-state index >= 15 is 0 Å². The molecule has 2 fully saturated rings. The number of hydrogen-bond donors (Lipinski definition) is 1. The number of urea groups is 1. The molecule has 0 radical (unpaired) electrons. The molecule has 6 heteroatoms. The molecule has 2 aliphatic heterocycles. The third-order valence-corrected chi connectivity index (χ3v) is 3.94. The van der Waals surface area contributed by atoms with Crippen LogP contribution in [0.2, 0.25) is 0 Å². The molecule has 1 unspecified atom stereocenters. The van der Waals surface area contributed by atoms with E-state index in [0.29, 0.717) is 12.6 Å². The van der Waals surface area contributed by atoms with Gasteiger partial charge in [-0.3, -0.25) is 4.68 Å². The summed E-state index contributed by atoms with van der Waals surface area (Å²) in [5, 5.41) is 7.79. The van der Waals surface area contributed by atoms with Gasteiger partial charge in [0, 0.05) is 32.7 Å². The number of rotatable bonds is 3. The molecule has 2 aliphatic rings. The minimum atomic E-state index is 0.174. The highest BCUT2D eigenvalue weighted by atomic mass is 16.2. The van der Waals surface area contributed by atoms with E-state index in [-0.39, 0.29) is 6.03 Å². The summed E-state index contributed by atoms with van der Waals surface area (Å²) in [4.78, 5) is 16.3. The Bertz CT molecular complexity index is 483. The molecule has 0 aromatic carbocycles. The van der Waals surface area contributed by atoms with Gasteiger partial charge in [0.05, 0.1) is 24.0 Å². The molecule has 6 nitrogen and oxygen atoms in total. The van der Waals surface area contributed by atoms with Gasteiger partial charge in [0.25, 0.3) is 0 Å². The van der Waals surface area contributed by atoms with Crippen LogP contribution >= 0.6 is 0 Å². The fourth-order valence-corrected chi connectivity index (χ4v) is 3.02. The standard InChI is InChI=1S/C13H21N5O/c1-3-18-11(6-10(2)15-18)8-16-9-12-7-14-4-5-17(12)13(16)19/h6,12,14H,3-5,7-9H2,1-2H3. The maximum Gasteiger partial charge on any atom is 0.320 e. The van der Waals surface area contributed by atoms with Gasteiger partial charge in [0.2, 0.25) is 0 Å². The Balaban J connectivity index is 1.74. The van der Waals surface area contributed by atoms with Gasteiger partial charge in [-0.1, -0.05) is 0 Å². The average Bonchev–Trinajstić information content (AvgIpc) is 2.92. The number of carbonyl (C=O) groups is 1. The summed E-state index contributed by atoms with van der Waals surface area (Å²) in [5.74, 6) is 0. The van der Waals surface area contributed by atoms with E-state index in [0.717, 1.165) is 44.1 Å². The molecule has 0 saturated carbocycles. The smallest absolute Gasteiger partial charge is 0.317 e. The number of carbonyl (C=O) groups excluding carboxylic acids is 1. The molecule has 0 aliphatic carbocycles. The predicted octanol–water partition coefficient (Wildman–Crippen LogP) is 0.421. The molecule has 1 aromatic rings. The first-order valence-corrected chi connectivity index (χ1v) is 6.98. The summed E-state index contributed by atoms with van der Waals surface area (Å²) in [6.45, 7) is 9.05. The second-order valence-electron chi connectivity index (χ2n) is 5.31. The Morgan fingerprint density at radius 3 is 3.11 bits per heavy atom. The molecule has 3 heterocycles. The van der Waals surface area contributed by atoms with Gasteiger partial charge in [-0.15, -0.1) is 0 Å². The largest absolute Gasteiger partial charge is 0.320 e. The van der Waals surface area contributed by atoms with Crippen LogP contribution in [0.1, 0.15) is 18.3 Å². The zero-order valence-electron chi connectivity index (χ0n) is 11.6. The van der Waals surface area contributed by atoms with Crippen molar-refractivity contribution in [1.82, 2.24) is 24.9 Å². The van der Waals surface area contributed by atoms with Crippen molar-refractivity contribution in [3.8, 4) is 0 Å². The maximum atomic E-state index is 12.3. The summed E-state index contributed by atoms with van der Waals surface area (Å²) in [6.07, 6.45) is 0. The minimum absolute atomic E-state index is 0.174. The van der Waals surface area contributed by atoms with Gasteiger partial charge in [0.1, 0.15) is 0 Å². The Morgan fingerprint density at radius 2 is 2.37 bits per heavy atom. The van der Waals surface area contributed by atoms with Crippen molar-refractivity contribution in [3.63, 3.8) is 0 Å². The average molecular weight is 263 g/mol. The molecule has 0 spiro atoms. The molecule has 1 aromatic heterocycles. The van der Waals surface area contributed by atoms with Crippen LogP contribution < -0.4 is 5.32 Å². The van der Waals surface area contributed by atoms with Gasteiger partial charge in [0.15, 0.2) is 0 Å². The van der Waals surface area contributed by atoms with E-state index in [4.69, 9.17) is 0 Å². The van der Waals surface area contributed by atoms with E-state index < -0.39 is 0 Å². The number of fused-ring (bicyclic) bond motifs is 1. The molecule has 104 valence electrons. The second kappa shape index (κ2) is 4.85. The summed E-state index contributed by atoms with van der Waals surface area (Å²) in [5.41, 5.74) is 2.14. The Morgan fingerprint density at radius 1 is 1.53 bits per heavy atom. The summed E-state index contributed by atoms with van der Waals surface area (Å²) >= 11 is 0. The summed E-state index contributed by atoms with van der Waals surface area (Å²) in [7, 11) is 0. The highest BCUT2D eigenvalue weighted by Crippen LogP contribution is 2.20. The molecular formula is C13H21N5O. The highest BCUT2D eigenvalue weighted by molar-refractivity contribution is 5.77. The molecule has 1 N–H and O–H groups in total. The molecule has 0 bridgehead atoms. The van der Waals surface area contributed by atoms with Crippen LogP contribution in [0.4, 0.5) is 4.79 Å². The first-order chi connectivity index (χ1) is 9.19. The summed E-state index contributed by atoms with van der Waals surface area (Å²) in [6, 6.07) is 2.58. The quantitative estimate of drug-likeness (QED) is 0.860. The van der Waals surface area contributed by atoms with Crippen molar-refractivity contribution >= 4 is 6.03 Å². The van der Waals surface area contributed by atoms with Crippen molar-refractivity contribution in [1.29, 1.82) is 0 Å². The van der Waals surface area contributed by atoms with E-state index in [2.05, 4.69) is 23.4 Å². The van der Waals surface area contributed by atoms with E-state index in [1.165, 1.54) is 0 Å². The lowest BCUT2D eigenvalue weighted by molar-refractivity contribution is 0.177. The van der Waals surface area contributed by atoms with Crippen molar-refractivity contribution in [2.75, 3.05) is 26.2 Å². The van der Waals surface area contributed by atoms with Gasteiger partial charge in [-0.2, -0.15) is 5.10 Å². The Kier molecular flexibility index (Phi) is 3.18. The van der Waals surface area contributed by atoms with Crippen LogP contribution in [0, 0.1) is 6.92 Å². The molecule has 19 heavy (non-hydrogen) atoms. The molecule has 2 saturated heterocycles. The monoisotopic (exact) mass is 263 g/mol. The van der Waals surface area contributed by atoms with Crippen LogP contribution in [0.15, 0.2) is 6.07 Å². The van der Waals surface area contributed by atoms with Crippen LogP contribution in [0.5, 0.6) is 0 Å². The van der Waals surface area contributed by atoms with Crippen molar-refractivity contribution in [3.05, 3.63) is 17.5 Å². The number of nitrogens with zero attached hydrogens (tertiary/aromatic N) is 4. The van der Waals surface area contributed by atoms with Crippen molar-refractivity contribution in [2.45, 2.75) is 33.0 Å². The number of aromatic nitrogens is 2. The SMILES string of the molecule is CCn1nc(C)cc1CN1CC2CNCCN2C1=O. The fraction of sp³-hybridized carbons (Fsp3) is 0.692. The fourth-order valence-electron chi connectivity index (χ4n) is 3.02. The molecule has 1 atom stereocenters. The third-order valence-electron chi connectivity index (χ3n) is 3.94. The van der Waals surface area contributed by atoms with Gasteiger partial charge >= 0.3 is 6.03 Å². The zero-order chi connectivity index (χ0) is 13.4. The number of nitrogens with one attached hydrogen (secondary N) is 1. The van der Waals surface area contributed by atoms with E-state index in [9.17, 15) is 4.79 Å². The van der Waals surface area contributed by atoms with Crippen LogP contribution in [0.25, 0.3) is 0 Å². The predicted molar refractivity (Wildman–Crippen MR) is 71.8 cm³/mol. The Hall–Kier alpha value is -1.56. The van der Waals surface area contributed by atoms with Crippen molar-refractivity contribution in [2.24, 2.45) is 0 Å². The Labute approximate surface area is 113 Å². The number of aryl methyl sites for hydroxylation is 2. The minimum Gasteiger partial charge on any atom is -0.317 e. The van der Waals surface area contributed by atoms with Crippen LogP contribution in [-0.4, -0.2) is 57.8 Å². The van der Waals surface area contributed by atoms with Gasteiger partial charge < -0.3 is 15.1 Å². The third kappa shape index (κ3) is 2.20. The lowest BCUT2D eigenvalue weighted by Crippen LogP contribution is -2.49. The van der Waals surface area contributed by atoms with Crippen molar-refractivity contribution < 1.29 is 4.79 Å². The van der Waals surface area contributed by atoms with E-state index in [1.807, 2.05) is 21.4 Å². The first-order valence-electron chi connectivity index (χ1n) is 6.98. The first kappa shape index (κ1) is 12.5. The second-order valence-corrected chi connectivity index (χ2v) is 5.31. The van der Waals surface area contributed by atoms with Gasteiger partial charge in [-0.25, -0.2) is 4.79 Å². The lowest BCUT2D eigenvalue weighted by Gasteiger charge is -2.28. The highest BCUT2D eigenvalue weighted by Gasteiger charge is 2.38. The molecule has 2 amide bonds. The maximum absolute atomic E-state index is 12.3. The number of piperazine rings is 1. The zero-order valence-corrected chi connectivity index (χ0v) is 11.6. The topological polar surface area (TPSA) is 53.4 Å². The summed E-state index contributed by atoms with van der Waals surface area (Å²) < 4.78 is 1.98. The lowest BCUT2D eigenvalue weighted by atomic mass is 10.2. The number of amides is 2. The van der Waals surface area contributed by atoms with Gasteiger partial charge in [-0.05, 0) is 19.9 Å². The molecular weight excluding hydrogens is 242 g/mol. The number of hydrogen-bond acceptors (Lipinski definition) is 3.